The number of amides is 1. The van der Waals surface area contributed by atoms with E-state index in [1.165, 1.54) is 0 Å². The third kappa shape index (κ3) is 3.15. The van der Waals surface area contributed by atoms with Gasteiger partial charge in [0.25, 0.3) is 5.91 Å². The molecule has 3 N–H and O–H groups in total. The molecule has 1 aliphatic carbocycles. The first-order chi connectivity index (χ1) is 10.9. The Morgan fingerprint density at radius 2 is 2.00 bits per heavy atom. The van der Waals surface area contributed by atoms with E-state index in [9.17, 15) is 4.79 Å². The molecular weight excluding hydrogens is 288 g/mol. The minimum Gasteiger partial charge on any atom is -0.345 e. The highest BCUT2D eigenvalue weighted by Crippen LogP contribution is 2.39. The van der Waals surface area contributed by atoms with Gasteiger partial charge in [-0.3, -0.25) is 4.79 Å². The van der Waals surface area contributed by atoms with Crippen molar-refractivity contribution in [3.8, 4) is 5.69 Å². The highest BCUT2D eigenvalue weighted by atomic mass is 16.1. The highest BCUT2D eigenvalue weighted by molar-refractivity contribution is 5.94. The van der Waals surface area contributed by atoms with Crippen molar-refractivity contribution in [1.82, 2.24) is 15.1 Å². The van der Waals surface area contributed by atoms with Crippen LogP contribution < -0.4 is 11.1 Å². The molecule has 0 saturated heterocycles. The van der Waals surface area contributed by atoms with Crippen LogP contribution in [0.5, 0.6) is 0 Å². The maximum atomic E-state index is 12.5. The van der Waals surface area contributed by atoms with E-state index in [-0.39, 0.29) is 11.4 Å². The molecular formula is C18H24N4O. The van der Waals surface area contributed by atoms with Gasteiger partial charge in [0.05, 0.1) is 16.9 Å². The van der Waals surface area contributed by atoms with Gasteiger partial charge < -0.3 is 11.1 Å². The predicted molar refractivity (Wildman–Crippen MR) is 90.7 cm³/mol. The van der Waals surface area contributed by atoms with Crippen LogP contribution in [0.2, 0.25) is 0 Å². The lowest BCUT2D eigenvalue weighted by atomic mass is 9.95. The Balaban J connectivity index is 1.76. The predicted octanol–water partition coefficient (Wildman–Crippen LogP) is 2.35. The Bertz CT molecular complexity index is 715. The van der Waals surface area contributed by atoms with Crippen LogP contribution in [-0.2, 0) is 0 Å². The summed E-state index contributed by atoms with van der Waals surface area (Å²) in [7, 11) is 0. The quantitative estimate of drug-likeness (QED) is 0.890. The number of carbonyl (C=O) groups is 1. The number of nitrogens with two attached hydrogens (primary N) is 1. The van der Waals surface area contributed by atoms with Crippen LogP contribution in [-0.4, -0.2) is 27.8 Å². The molecule has 3 rings (SSSR count). The van der Waals surface area contributed by atoms with E-state index in [4.69, 9.17) is 5.73 Å². The van der Waals surface area contributed by atoms with E-state index in [0.717, 1.165) is 29.9 Å². The molecule has 1 aliphatic rings. The number of benzene rings is 1. The number of hydrogen-bond donors (Lipinski definition) is 2. The Labute approximate surface area is 136 Å². The van der Waals surface area contributed by atoms with Gasteiger partial charge in [0.15, 0.2) is 0 Å². The van der Waals surface area contributed by atoms with Gasteiger partial charge in [0.2, 0.25) is 0 Å². The molecule has 1 unspecified atom stereocenters. The van der Waals surface area contributed by atoms with Gasteiger partial charge in [-0.15, -0.1) is 0 Å². The van der Waals surface area contributed by atoms with Crippen LogP contribution in [0.3, 0.4) is 0 Å². The van der Waals surface area contributed by atoms with E-state index < -0.39 is 0 Å². The zero-order chi connectivity index (χ0) is 16.6. The summed E-state index contributed by atoms with van der Waals surface area (Å²) in [6.07, 6.45) is 2.29. The van der Waals surface area contributed by atoms with E-state index in [2.05, 4.69) is 10.4 Å². The maximum absolute atomic E-state index is 12.5. The lowest BCUT2D eigenvalue weighted by Crippen LogP contribution is -2.53. The summed E-state index contributed by atoms with van der Waals surface area (Å²) < 4.78 is 1.88. The van der Waals surface area contributed by atoms with E-state index >= 15 is 0 Å². The fourth-order valence-electron chi connectivity index (χ4n) is 3.02. The minimum atomic E-state index is -0.300. The average Bonchev–Trinajstić information content (AvgIpc) is 3.33. The lowest BCUT2D eigenvalue weighted by Gasteiger charge is -2.29. The zero-order valence-corrected chi connectivity index (χ0v) is 14.0. The van der Waals surface area contributed by atoms with Crippen molar-refractivity contribution in [3.63, 3.8) is 0 Å². The molecule has 1 amide bonds. The third-order valence-electron chi connectivity index (χ3n) is 4.69. The smallest absolute Gasteiger partial charge is 0.251 e. The normalized spacial score (nSPS) is 16.9. The number of carbonyl (C=O) groups excluding carboxylic acids is 1. The molecule has 5 heteroatoms. The first kappa shape index (κ1) is 15.7. The second-order valence-electron chi connectivity index (χ2n) is 6.74. The van der Waals surface area contributed by atoms with Crippen LogP contribution in [0.1, 0.15) is 41.5 Å². The van der Waals surface area contributed by atoms with Gasteiger partial charge in [-0.1, -0.05) is 0 Å². The van der Waals surface area contributed by atoms with Crippen LogP contribution in [0, 0.1) is 19.8 Å². The first-order valence-corrected chi connectivity index (χ1v) is 8.09. The largest absolute Gasteiger partial charge is 0.345 e. The van der Waals surface area contributed by atoms with Gasteiger partial charge in [-0.2, -0.15) is 5.10 Å². The summed E-state index contributed by atoms with van der Waals surface area (Å²) in [6, 6.07) is 9.55. The van der Waals surface area contributed by atoms with Crippen molar-refractivity contribution in [2.75, 3.05) is 6.54 Å². The van der Waals surface area contributed by atoms with Crippen LogP contribution >= 0.6 is 0 Å². The Morgan fingerprint density at radius 1 is 1.35 bits per heavy atom. The highest BCUT2D eigenvalue weighted by Gasteiger charge is 2.41. The molecule has 0 spiro atoms. The number of aromatic nitrogens is 2. The van der Waals surface area contributed by atoms with Gasteiger partial charge in [-0.05, 0) is 69.9 Å². The average molecular weight is 312 g/mol. The summed E-state index contributed by atoms with van der Waals surface area (Å²) in [6.45, 7) is 6.49. The van der Waals surface area contributed by atoms with Crippen molar-refractivity contribution in [2.45, 2.75) is 39.2 Å². The summed E-state index contributed by atoms with van der Waals surface area (Å²) >= 11 is 0. The molecule has 0 bridgehead atoms. The molecule has 1 atom stereocenters. The third-order valence-corrected chi connectivity index (χ3v) is 4.69. The van der Waals surface area contributed by atoms with Gasteiger partial charge in [0.1, 0.15) is 0 Å². The SMILES string of the molecule is Cc1cc(C)n(-c2ccc(C(=O)NC(C)(CN)C3CC3)cc2)n1. The first-order valence-electron chi connectivity index (χ1n) is 8.09. The molecule has 1 fully saturated rings. The molecule has 122 valence electrons. The fraction of sp³-hybridized carbons (Fsp3) is 0.444. The van der Waals surface area contributed by atoms with E-state index in [1.807, 2.05) is 55.8 Å². The molecule has 1 aromatic heterocycles. The van der Waals surface area contributed by atoms with Gasteiger partial charge >= 0.3 is 0 Å². The van der Waals surface area contributed by atoms with Crippen molar-refractivity contribution in [3.05, 3.63) is 47.3 Å². The monoisotopic (exact) mass is 312 g/mol. The second kappa shape index (κ2) is 5.81. The van der Waals surface area contributed by atoms with Crippen LogP contribution in [0.4, 0.5) is 0 Å². The molecule has 5 nitrogen and oxygen atoms in total. The van der Waals surface area contributed by atoms with Crippen molar-refractivity contribution in [2.24, 2.45) is 11.7 Å². The Morgan fingerprint density at radius 3 is 2.48 bits per heavy atom. The Kier molecular flexibility index (Phi) is 3.98. The number of nitrogens with zero attached hydrogens (tertiary/aromatic N) is 2. The number of hydrogen-bond acceptors (Lipinski definition) is 3. The molecule has 1 aromatic carbocycles. The van der Waals surface area contributed by atoms with Gasteiger partial charge in [0, 0.05) is 17.8 Å². The lowest BCUT2D eigenvalue weighted by molar-refractivity contribution is 0.0898. The minimum absolute atomic E-state index is 0.0650. The molecule has 2 aromatic rings. The summed E-state index contributed by atoms with van der Waals surface area (Å²) in [5, 5.41) is 7.57. The van der Waals surface area contributed by atoms with Crippen molar-refractivity contribution >= 4 is 5.91 Å². The fourth-order valence-corrected chi connectivity index (χ4v) is 3.02. The van der Waals surface area contributed by atoms with E-state index in [1.54, 1.807) is 0 Å². The van der Waals surface area contributed by atoms with Crippen molar-refractivity contribution < 1.29 is 4.79 Å². The maximum Gasteiger partial charge on any atom is 0.251 e. The van der Waals surface area contributed by atoms with Gasteiger partial charge in [-0.25, -0.2) is 4.68 Å². The standard InChI is InChI=1S/C18H24N4O/c1-12-10-13(2)22(21-12)16-8-4-14(5-9-16)17(23)20-18(3,11-19)15-6-7-15/h4-5,8-10,15H,6-7,11,19H2,1-3H3,(H,20,23). The van der Waals surface area contributed by atoms with Crippen LogP contribution in [0.15, 0.2) is 30.3 Å². The topological polar surface area (TPSA) is 72.9 Å². The molecule has 0 radical (unpaired) electrons. The number of rotatable bonds is 5. The van der Waals surface area contributed by atoms with E-state index in [0.29, 0.717) is 18.0 Å². The molecule has 1 saturated carbocycles. The summed E-state index contributed by atoms with van der Waals surface area (Å²) in [5.74, 6) is 0.440. The second-order valence-corrected chi connectivity index (χ2v) is 6.74. The molecule has 1 heterocycles. The molecule has 23 heavy (non-hydrogen) atoms. The number of aryl methyl sites for hydroxylation is 2. The Hall–Kier alpha value is -2.14. The molecule has 0 aliphatic heterocycles. The summed E-state index contributed by atoms with van der Waals surface area (Å²) in [4.78, 5) is 12.5. The zero-order valence-electron chi connectivity index (χ0n) is 14.0. The van der Waals surface area contributed by atoms with Crippen molar-refractivity contribution in [1.29, 1.82) is 0 Å². The number of nitrogens with one attached hydrogen (secondary N) is 1. The van der Waals surface area contributed by atoms with Crippen LogP contribution in [0.25, 0.3) is 5.69 Å². The summed E-state index contributed by atoms with van der Waals surface area (Å²) in [5.41, 5.74) is 9.22.